The summed E-state index contributed by atoms with van der Waals surface area (Å²) in [6.45, 7) is 7.85. The predicted octanol–water partition coefficient (Wildman–Crippen LogP) is 4.97. The van der Waals surface area contributed by atoms with E-state index in [0.717, 1.165) is 24.8 Å². The zero-order chi connectivity index (χ0) is 20.4. The molecule has 10 heteroatoms. The minimum Gasteiger partial charge on any atom is -0.302 e. The van der Waals surface area contributed by atoms with Crippen LogP contribution in [-0.4, -0.2) is 32.8 Å². The minimum atomic E-state index is -5.09. The van der Waals surface area contributed by atoms with Crippen molar-refractivity contribution in [3.63, 3.8) is 0 Å². The molecule has 0 aliphatic carbocycles. The Morgan fingerprint density at radius 2 is 1.69 bits per heavy atom. The Kier molecular flexibility index (Phi) is 12.2. The first kappa shape index (κ1) is 25.8. The smallest absolute Gasteiger partial charge is 0.302 e. The molecule has 0 rings (SSSR count). The maximum absolute atomic E-state index is 11.4. The van der Waals surface area contributed by atoms with E-state index in [0.29, 0.717) is 0 Å². The van der Waals surface area contributed by atoms with Crippen LogP contribution in [0.1, 0.15) is 47.0 Å². The average Bonchev–Trinajstić information content (AvgIpc) is 2.44. The molecule has 0 spiro atoms. The third-order valence-corrected chi connectivity index (χ3v) is 6.70. The largest absolute Gasteiger partial charge is 0.481 e. The molecule has 0 bridgehead atoms. The molecule has 0 aromatic carbocycles. The van der Waals surface area contributed by atoms with Gasteiger partial charge in [0.15, 0.2) is 0 Å². The van der Waals surface area contributed by atoms with E-state index in [-0.39, 0.29) is 11.9 Å². The van der Waals surface area contributed by atoms with Crippen molar-refractivity contribution in [2.45, 2.75) is 52.2 Å². The number of thioether (sulfide) groups is 1. The van der Waals surface area contributed by atoms with Crippen LogP contribution in [-0.2, 0) is 18.0 Å². The van der Waals surface area contributed by atoms with Crippen molar-refractivity contribution >= 4 is 27.4 Å². The highest BCUT2D eigenvalue weighted by atomic mass is 32.2. The molecule has 152 valence electrons. The monoisotopic (exact) mass is 428 g/mol. The van der Waals surface area contributed by atoms with Crippen LogP contribution >= 0.6 is 27.4 Å². The first-order valence-electron chi connectivity index (χ1n) is 8.09. The first-order valence-corrected chi connectivity index (χ1v) is 12.4. The third kappa shape index (κ3) is 14.0. The van der Waals surface area contributed by atoms with E-state index in [1.807, 2.05) is 13.2 Å². The van der Waals surface area contributed by atoms with E-state index >= 15 is 0 Å². The number of phosphoric acid groups is 2. The van der Waals surface area contributed by atoms with Gasteiger partial charge in [-0.25, -0.2) is 9.13 Å². The zero-order valence-corrected chi connectivity index (χ0v) is 18.5. The van der Waals surface area contributed by atoms with Gasteiger partial charge in [0.2, 0.25) is 0 Å². The van der Waals surface area contributed by atoms with E-state index < -0.39 is 15.6 Å². The van der Waals surface area contributed by atoms with Crippen LogP contribution in [0.4, 0.5) is 0 Å². The highest BCUT2D eigenvalue weighted by molar-refractivity contribution is 7.99. The molecule has 2 atom stereocenters. The molecule has 7 nitrogen and oxygen atoms in total. The Hall–Kier alpha value is -0.170. The summed E-state index contributed by atoms with van der Waals surface area (Å²) in [6.07, 6.45) is 10.8. The standard InChI is InChI=1S/C16H30O7P2S/c1-13(2)7-6-8-14(3)9-10-16(26-5)15(4)11-12-22-25(20,21)23-24(17,18)19/h7,9,11,16H,6,8,10,12H2,1-5H3,(H,20,21)(H2,17,18,19)/b14-9+,15-11+. The van der Waals surface area contributed by atoms with Crippen molar-refractivity contribution in [2.24, 2.45) is 0 Å². The van der Waals surface area contributed by atoms with Crippen molar-refractivity contribution in [3.8, 4) is 0 Å². The molecule has 0 aromatic rings. The molecule has 26 heavy (non-hydrogen) atoms. The highest BCUT2D eigenvalue weighted by Crippen LogP contribution is 2.57. The second kappa shape index (κ2) is 12.3. The molecule has 0 aromatic heterocycles. The average molecular weight is 428 g/mol. The second-order valence-electron chi connectivity index (χ2n) is 6.12. The molecule has 2 unspecified atom stereocenters. The third-order valence-electron chi connectivity index (χ3n) is 3.42. The lowest BCUT2D eigenvalue weighted by molar-refractivity contribution is 0.191. The van der Waals surface area contributed by atoms with Gasteiger partial charge < -0.3 is 14.7 Å². The Morgan fingerprint density at radius 1 is 1.08 bits per heavy atom. The SMILES string of the molecule is CSC(C/C=C(\C)CCC=C(C)C)/C(C)=C/COP(=O)(O)OP(=O)(O)O. The number of allylic oxidation sites excluding steroid dienone is 4. The van der Waals surface area contributed by atoms with Crippen LogP contribution in [0.15, 0.2) is 34.9 Å². The lowest BCUT2D eigenvalue weighted by Crippen LogP contribution is -2.04. The summed E-state index contributed by atoms with van der Waals surface area (Å²) < 4.78 is 30.3. The van der Waals surface area contributed by atoms with Gasteiger partial charge >= 0.3 is 15.6 Å². The number of hydrogen-bond acceptors (Lipinski definition) is 5. The Bertz CT molecular complexity index is 618. The maximum atomic E-state index is 11.4. The predicted molar refractivity (Wildman–Crippen MR) is 107 cm³/mol. The van der Waals surface area contributed by atoms with E-state index in [1.54, 1.807) is 17.8 Å². The minimum absolute atomic E-state index is 0.179. The van der Waals surface area contributed by atoms with Gasteiger partial charge in [-0.05, 0) is 53.2 Å². The summed E-state index contributed by atoms with van der Waals surface area (Å²) in [5.74, 6) is 0. The Labute approximate surface area is 160 Å². The Morgan fingerprint density at radius 3 is 2.19 bits per heavy atom. The molecular weight excluding hydrogens is 398 g/mol. The molecule has 0 saturated carbocycles. The summed E-state index contributed by atoms with van der Waals surface area (Å²) in [5, 5.41) is 0.179. The van der Waals surface area contributed by atoms with Crippen molar-refractivity contribution < 1.29 is 32.6 Å². The van der Waals surface area contributed by atoms with Gasteiger partial charge in [0.25, 0.3) is 0 Å². The van der Waals surface area contributed by atoms with Gasteiger partial charge in [-0.15, -0.1) is 0 Å². The van der Waals surface area contributed by atoms with Crippen LogP contribution in [0.3, 0.4) is 0 Å². The molecule has 3 N–H and O–H groups in total. The zero-order valence-electron chi connectivity index (χ0n) is 15.9. The van der Waals surface area contributed by atoms with Gasteiger partial charge in [-0.1, -0.05) is 34.9 Å². The fourth-order valence-corrected chi connectivity index (χ4v) is 4.30. The molecule has 0 heterocycles. The fourth-order valence-electron chi connectivity index (χ4n) is 2.02. The first-order chi connectivity index (χ1) is 11.9. The molecule has 0 saturated heterocycles. The molecular formula is C16H30O7P2S. The normalized spacial score (nSPS) is 16.9. The topological polar surface area (TPSA) is 113 Å². The number of phosphoric ester groups is 1. The lowest BCUT2D eigenvalue weighted by atomic mass is 10.1. The van der Waals surface area contributed by atoms with Gasteiger partial charge in [0.1, 0.15) is 0 Å². The van der Waals surface area contributed by atoms with E-state index in [1.165, 1.54) is 11.1 Å². The summed E-state index contributed by atoms with van der Waals surface area (Å²) >= 11 is 1.65. The number of hydrogen-bond donors (Lipinski definition) is 3. The molecule has 0 aliphatic heterocycles. The highest BCUT2D eigenvalue weighted by Gasteiger charge is 2.31. The Balaban J connectivity index is 4.61. The maximum Gasteiger partial charge on any atom is 0.481 e. The van der Waals surface area contributed by atoms with Crippen LogP contribution < -0.4 is 0 Å². The van der Waals surface area contributed by atoms with Crippen LogP contribution in [0.25, 0.3) is 0 Å². The molecule has 0 aliphatic rings. The van der Waals surface area contributed by atoms with Crippen LogP contribution in [0.2, 0.25) is 0 Å². The molecule has 0 amide bonds. The van der Waals surface area contributed by atoms with Crippen LogP contribution in [0.5, 0.6) is 0 Å². The quantitative estimate of drug-likeness (QED) is 0.295. The lowest BCUT2D eigenvalue weighted by Gasteiger charge is -2.15. The summed E-state index contributed by atoms with van der Waals surface area (Å²) in [7, 11) is -9.88. The summed E-state index contributed by atoms with van der Waals surface area (Å²) in [6, 6.07) is 0. The van der Waals surface area contributed by atoms with E-state index in [9.17, 15) is 14.0 Å². The van der Waals surface area contributed by atoms with Gasteiger partial charge in [-0.3, -0.25) is 4.52 Å². The van der Waals surface area contributed by atoms with Crippen molar-refractivity contribution in [2.75, 3.05) is 12.9 Å². The van der Waals surface area contributed by atoms with Gasteiger partial charge in [0, 0.05) is 5.25 Å². The second-order valence-corrected chi connectivity index (χ2v) is 9.99. The summed E-state index contributed by atoms with van der Waals surface area (Å²) in [4.78, 5) is 26.3. The molecule has 0 fully saturated rings. The van der Waals surface area contributed by atoms with Crippen LogP contribution in [0, 0.1) is 0 Å². The van der Waals surface area contributed by atoms with Gasteiger partial charge in [0.05, 0.1) is 6.61 Å². The fraction of sp³-hybridized carbons (Fsp3) is 0.625. The molecule has 0 radical (unpaired) electrons. The van der Waals surface area contributed by atoms with E-state index in [4.69, 9.17) is 9.79 Å². The summed E-state index contributed by atoms with van der Waals surface area (Å²) in [5.41, 5.74) is 3.56. The van der Waals surface area contributed by atoms with Crippen molar-refractivity contribution in [3.05, 3.63) is 34.9 Å². The van der Waals surface area contributed by atoms with Crippen molar-refractivity contribution in [1.82, 2.24) is 0 Å². The van der Waals surface area contributed by atoms with Crippen molar-refractivity contribution in [1.29, 1.82) is 0 Å². The van der Waals surface area contributed by atoms with Gasteiger partial charge in [-0.2, -0.15) is 16.1 Å². The number of rotatable bonds is 12. The van der Waals surface area contributed by atoms with E-state index in [2.05, 4.69) is 41.8 Å².